The Kier molecular flexibility index (Phi) is 7.59. The highest BCUT2D eigenvalue weighted by Crippen LogP contribution is 2.42. The first-order valence-electron chi connectivity index (χ1n) is 11.6. The monoisotopic (exact) mass is 505 g/mol. The van der Waals surface area contributed by atoms with Gasteiger partial charge in [-0.1, -0.05) is 17.7 Å². The van der Waals surface area contributed by atoms with E-state index in [1.54, 1.807) is 0 Å². The van der Waals surface area contributed by atoms with Crippen LogP contribution in [0.5, 0.6) is 11.8 Å². The van der Waals surface area contributed by atoms with Crippen LogP contribution in [0.2, 0.25) is 5.02 Å². The van der Waals surface area contributed by atoms with Crippen molar-refractivity contribution >= 4 is 28.3 Å². The van der Waals surface area contributed by atoms with E-state index in [1.807, 2.05) is 25.9 Å². The van der Waals surface area contributed by atoms with Crippen LogP contribution in [0.15, 0.2) is 24.3 Å². The highest BCUT2D eigenvalue weighted by atomic mass is 35.5. The quantitative estimate of drug-likeness (QED) is 0.459. The Morgan fingerprint density at radius 2 is 2.00 bits per heavy atom. The minimum Gasteiger partial charge on any atom is -0.507 e. The standard InChI is InChI=1S/C25H30ClF2N5O2/c1-14-13-33(15(2)12-29-14)24-16-11-17(26)20(21-18(27)7-5-8-19(21)34)22(28)23(16)30-25(31-24)35-10-6-9-32(3)4/h5,7-8,11,14-15,29,34H,6,9-10,12-13H2,1-4H3/t14-,15+/m1/s1. The molecule has 0 unspecified atom stereocenters. The number of piperazine rings is 1. The van der Waals surface area contributed by atoms with Crippen molar-refractivity contribution in [3.8, 4) is 22.9 Å². The predicted molar refractivity (Wildman–Crippen MR) is 135 cm³/mol. The number of phenolic OH excluding ortho intramolecular Hbond substituents is 1. The lowest BCUT2D eigenvalue weighted by Gasteiger charge is -2.39. The zero-order valence-electron chi connectivity index (χ0n) is 20.3. The van der Waals surface area contributed by atoms with E-state index in [9.17, 15) is 9.50 Å². The van der Waals surface area contributed by atoms with Gasteiger partial charge in [0, 0.05) is 42.7 Å². The Labute approximate surface area is 208 Å². The first kappa shape index (κ1) is 25.3. The van der Waals surface area contributed by atoms with Gasteiger partial charge in [-0.25, -0.2) is 8.78 Å². The summed E-state index contributed by atoms with van der Waals surface area (Å²) >= 11 is 6.49. The van der Waals surface area contributed by atoms with Crippen LogP contribution in [0.1, 0.15) is 20.3 Å². The molecular weight excluding hydrogens is 476 g/mol. The number of aromatic nitrogens is 2. The lowest BCUT2D eigenvalue weighted by molar-refractivity contribution is 0.264. The maximum Gasteiger partial charge on any atom is 0.319 e. The van der Waals surface area contributed by atoms with Crippen LogP contribution in [0.25, 0.3) is 22.0 Å². The van der Waals surface area contributed by atoms with Crippen molar-refractivity contribution in [3.63, 3.8) is 0 Å². The van der Waals surface area contributed by atoms with Crippen molar-refractivity contribution in [2.24, 2.45) is 0 Å². The van der Waals surface area contributed by atoms with Crippen molar-refractivity contribution in [2.75, 3.05) is 45.2 Å². The highest BCUT2D eigenvalue weighted by Gasteiger charge is 2.29. The Morgan fingerprint density at radius 3 is 2.71 bits per heavy atom. The Morgan fingerprint density at radius 1 is 1.23 bits per heavy atom. The summed E-state index contributed by atoms with van der Waals surface area (Å²) in [5.74, 6) is -1.54. The number of halogens is 3. The number of hydrogen-bond acceptors (Lipinski definition) is 7. The molecule has 4 rings (SSSR count). The van der Waals surface area contributed by atoms with E-state index >= 15 is 4.39 Å². The maximum absolute atomic E-state index is 16.0. The van der Waals surface area contributed by atoms with Gasteiger partial charge in [-0.15, -0.1) is 0 Å². The lowest BCUT2D eigenvalue weighted by atomic mass is 10.0. The number of ether oxygens (including phenoxy) is 1. The first-order chi connectivity index (χ1) is 16.7. The molecule has 0 aliphatic carbocycles. The number of nitrogens with one attached hydrogen (secondary N) is 1. The van der Waals surface area contributed by atoms with Gasteiger partial charge in [-0.05, 0) is 52.6 Å². The molecule has 2 aromatic carbocycles. The normalized spacial score (nSPS) is 18.5. The predicted octanol–water partition coefficient (Wildman–Crippen LogP) is 4.45. The number of phenols is 1. The molecule has 35 heavy (non-hydrogen) atoms. The van der Waals surface area contributed by atoms with Crippen molar-refractivity contribution in [2.45, 2.75) is 32.4 Å². The molecule has 0 bridgehead atoms. The molecule has 0 amide bonds. The average Bonchev–Trinajstić information content (AvgIpc) is 2.80. The molecule has 0 saturated carbocycles. The molecule has 0 spiro atoms. The molecule has 2 N–H and O–H groups in total. The summed E-state index contributed by atoms with van der Waals surface area (Å²) in [6.07, 6.45) is 0.738. The number of anilines is 1. The summed E-state index contributed by atoms with van der Waals surface area (Å²) < 4.78 is 36.5. The number of benzene rings is 2. The summed E-state index contributed by atoms with van der Waals surface area (Å²) in [5.41, 5.74) is -0.604. The van der Waals surface area contributed by atoms with Gasteiger partial charge in [0.2, 0.25) is 0 Å². The number of rotatable bonds is 7. The summed E-state index contributed by atoms with van der Waals surface area (Å²) in [4.78, 5) is 13.1. The van der Waals surface area contributed by atoms with E-state index < -0.39 is 17.4 Å². The molecular formula is C25H30ClF2N5O2. The third-order valence-electron chi connectivity index (χ3n) is 6.10. The molecule has 0 radical (unpaired) electrons. The van der Waals surface area contributed by atoms with E-state index in [4.69, 9.17) is 16.3 Å². The Bertz CT molecular complexity index is 1210. The van der Waals surface area contributed by atoms with Gasteiger partial charge in [-0.2, -0.15) is 9.97 Å². The van der Waals surface area contributed by atoms with E-state index in [0.29, 0.717) is 24.4 Å². The summed E-state index contributed by atoms with van der Waals surface area (Å²) in [5, 5.41) is 14.1. The second-order valence-corrected chi connectivity index (χ2v) is 9.63. The van der Waals surface area contributed by atoms with Crippen LogP contribution < -0.4 is 15.0 Å². The zero-order chi connectivity index (χ0) is 25.3. The van der Waals surface area contributed by atoms with Crippen LogP contribution in [0, 0.1) is 11.6 Å². The van der Waals surface area contributed by atoms with Gasteiger partial charge >= 0.3 is 6.01 Å². The number of aromatic hydroxyl groups is 1. The Balaban J connectivity index is 1.88. The average molecular weight is 506 g/mol. The van der Waals surface area contributed by atoms with Gasteiger partial charge < -0.3 is 25.0 Å². The van der Waals surface area contributed by atoms with Crippen molar-refractivity contribution in [3.05, 3.63) is 40.9 Å². The fraction of sp³-hybridized carbons (Fsp3) is 0.440. The van der Waals surface area contributed by atoms with Crippen LogP contribution in [-0.4, -0.2) is 72.4 Å². The maximum atomic E-state index is 16.0. The van der Waals surface area contributed by atoms with Crippen molar-refractivity contribution in [1.82, 2.24) is 20.2 Å². The lowest BCUT2D eigenvalue weighted by Crippen LogP contribution is -2.54. The number of nitrogens with zero attached hydrogens (tertiary/aromatic N) is 4. The molecule has 10 heteroatoms. The van der Waals surface area contributed by atoms with Crippen LogP contribution in [-0.2, 0) is 0 Å². The molecule has 188 valence electrons. The van der Waals surface area contributed by atoms with E-state index in [2.05, 4.69) is 27.1 Å². The fourth-order valence-corrected chi connectivity index (χ4v) is 4.58. The molecule has 1 saturated heterocycles. The number of hydrogen-bond donors (Lipinski definition) is 2. The molecule has 1 aliphatic heterocycles. The third-order valence-corrected chi connectivity index (χ3v) is 6.40. The second kappa shape index (κ2) is 10.5. The van der Waals surface area contributed by atoms with Crippen LogP contribution >= 0.6 is 11.6 Å². The molecule has 3 aromatic rings. The minimum atomic E-state index is -0.842. The summed E-state index contributed by atoms with van der Waals surface area (Å²) in [7, 11) is 3.94. The molecule has 2 atom stereocenters. The van der Waals surface area contributed by atoms with Crippen LogP contribution in [0.3, 0.4) is 0 Å². The van der Waals surface area contributed by atoms with Crippen molar-refractivity contribution < 1.29 is 18.6 Å². The summed E-state index contributed by atoms with van der Waals surface area (Å²) in [6.45, 7) is 6.65. The van der Waals surface area contributed by atoms with E-state index in [-0.39, 0.29) is 39.8 Å². The van der Waals surface area contributed by atoms with E-state index in [1.165, 1.54) is 18.2 Å². The fourth-order valence-electron chi connectivity index (χ4n) is 4.29. The molecule has 1 fully saturated rings. The second-order valence-electron chi connectivity index (χ2n) is 9.22. The third kappa shape index (κ3) is 5.27. The first-order valence-corrected chi connectivity index (χ1v) is 12.0. The zero-order valence-corrected chi connectivity index (χ0v) is 21.0. The topological polar surface area (TPSA) is 73.8 Å². The van der Waals surface area contributed by atoms with E-state index in [0.717, 1.165) is 25.6 Å². The SMILES string of the molecule is C[C@@H]1CN(c2nc(OCCCN(C)C)nc3c(F)c(-c4c(O)cccc4F)c(Cl)cc23)[C@@H](C)CN1. The van der Waals surface area contributed by atoms with Gasteiger partial charge in [-0.3, -0.25) is 0 Å². The largest absolute Gasteiger partial charge is 0.507 e. The van der Waals surface area contributed by atoms with Crippen LogP contribution in [0.4, 0.5) is 14.6 Å². The summed E-state index contributed by atoms with van der Waals surface area (Å²) in [6, 6.07) is 5.60. The van der Waals surface area contributed by atoms with Gasteiger partial charge in [0.05, 0.1) is 17.2 Å². The van der Waals surface area contributed by atoms with Gasteiger partial charge in [0.25, 0.3) is 0 Å². The van der Waals surface area contributed by atoms with Gasteiger partial charge in [0.15, 0.2) is 5.82 Å². The molecule has 1 aromatic heterocycles. The number of fused-ring (bicyclic) bond motifs is 1. The highest BCUT2D eigenvalue weighted by molar-refractivity contribution is 6.34. The minimum absolute atomic E-state index is 0.0366. The molecule has 7 nitrogen and oxygen atoms in total. The molecule has 1 aliphatic rings. The van der Waals surface area contributed by atoms with Crippen molar-refractivity contribution in [1.29, 1.82) is 0 Å². The molecule has 2 heterocycles. The van der Waals surface area contributed by atoms with Gasteiger partial charge in [0.1, 0.15) is 22.9 Å². The Hall–Kier alpha value is -2.75. The smallest absolute Gasteiger partial charge is 0.319 e.